The molecule has 6 nitrogen and oxygen atoms in total. The molecule has 0 aliphatic heterocycles. The zero-order chi connectivity index (χ0) is 16.1. The van der Waals surface area contributed by atoms with Crippen molar-refractivity contribution in [3.05, 3.63) is 78.1 Å². The van der Waals surface area contributed by atoms with Crippen LogP contribution in [0.3, 0.4) is 0 Å². The fraction of sp³-hybridized carbons (Fsp3) is 0.118. The van der Waals surface area contributed by atoms with E-state index in [1.807, 2.05) is 60.7 Å². The van der Waals surface area contributed by atoms with E-state index >= 15 is 0 Å². The molecule has 0 saturated carbocycles. The maximum atomic E-state index is 12.3. The molecule has 0 radical (unpaired) electrons. The van der Waals surface area contributed by atoms with Gasteiger partial charge in [-0.15, -0.1) is 5.10 Å². The van der Waals surface area contributed by atoms with Crippen molar-refractivity contribution >= 4 is 5.91 Å². The normalized spacial score (nSPS) is 11.9. The van der Waals surface area contributed by atoms with Crippen molar-refractivity contribution in [1.29, 1.82) is 0 Å². The fourth-order valence-electron chi connectivity index (χ4n) is 2.23. The van der Waals surface area contributed by atoms with Gasteiger partial charge in [0.2, 0.25) is 0 Å². The molecule has 1 atom stereocenters. The summed E-state index contributed by atoms with van der Waals surface area (Å²) in [7, 11) is 0. The summed E-state index contributed by atoms with van der Waals surface area (Å²) in [6.07, 6.45) is 1.56. The highest BCUT2D eigenvalue weighted by atomic mass is 16.3. The Kier molecular flexibility index (Phi) is 4.44. The van der Waals surface area contributed by atoms with Crippen molar-refractivity contribution in [2.75, 3.05) is 6.61 Å². The molecule has 1 aromatic heterocycles. The van der Waals surface area contributed by atoms with Crippen LogP contribution >= 0.6 is 0 Å². The van der Waals surface area contributed by atoms with Crippen LogP contribution in [0.5, 0.6) is 0 Å². The number of para-hydroxylation sites is 1. The van der Waals surface area contributed by atoms with E-state index < -0.39 is 6.04 Å². The minimum absolute atomic E-state index is 0.192. The maximum Gasteiger partial charge on any atom is 0.274 e. The van der Waals surface area contributed by atoms with Gasteiger partial charge in [0.05, 0.1) is 24.5 Å². The summed E-state index contributed by atoms with van der Waals surface area (Å²) in [6, 6.07) is 18.2. The molecule has 0 fully saturated rings. The van der Waals surface area contributed by atoms with Crippen LogP contribution in [0.4, 0.5) is 0 Å². The van der Waals surface area contributed by atoms with E-state index in [-0.39, 0.29) is 18.2 Å². The average Bonchev–Trinajstić information content (AvgIpc) is 3.11. The minimum atomic E-state index is -0.481. The quantitative estimate of drug-likeness (QED) is 0.752. The first-order valence-corrected chi connectivity index (χ1v) is 7.22. The molecule has 0 aliphatic carbocycles. The van der Waals surface area contributed by atoms with Crippen molar-refractivity contribution in [3.63, 3.8) is 0 Å². The third-order valence-corrected chi connectivity index (χ3v) is 3.44. The van der Waals surface area contributed by atoms with Crippen molar-refractivity contribution in [1.82, 2.24) is 20.3 Å². The number of aromatic nitrogens is 3. The summed E-state index contributed by atoms with van der Waals surface area (Å²) in [5.74, 6) is -0.380. The molecular weight excluding hydrogens is 292 g/mol. The predicted molar refractivity (Wildman–Crippen MR) is 85.1 cm³/mol. The molecular formula is C17H16N4O2. The number of amides is 1. The van der Waals surface area contributed by atoms with Gasteiger partial charge in [0.15, 0.2) is 5.69 Å². The van der Waals surface area contributed by atoms with Crippen molar-refractivity contribution < 1.29 is 9.90 Å². The van der Waals surface area contributed by atoms with Crippen LogP contribution in [0, 0.1) is 0 Å². The second-order valence-corrected chi connectivity index (χ2v) is 5.00. The number of aliphatic hydroxyl groups excluding tert-OH is 1. The van der Waals surface area contributed by atoms with E-state index in [0.29, 0.717) is 0 Å². The molecule has 2 N–H and O–H groups in total. The second-order valence-electron chi connectivity index (χ2n) is 5.00. The monoisotopic (exact) mass is 308 g/mol. The average molecular weight is 308 g/mol. The van der Waals surface area contributed by atoms with Gasteiger partial charge in [0.25, 0.3) is 5.91 Å². The number of carbonyl (C=O) groups excluding carboxylic acids is 1. The van der Waals surface area contributed by atoms with Crippen LogP contribution in [0.25, 0.3) is 5.69 Å². The zero-order valence-corrected chi connectivity index (χ0v) is 12.3. The molecule has 3 aromatic rings. The van der Waals surface area contributed by atoms with E-state index in [2.05, 4.69) is 15.6 Å². The van der Waals surface area contributed by atoms with Gasteiger partial charge in [-0.25, -0.2) is 4.68 Å². The predicted octanol–water partition coefficient (Wildman–Crippen LogP) is 1.73. The van der Waals surface area contributed by atoms with Gasteiger partial charge in [0.1, 0.15) is 0 Å². The molecule has 23 heavy (non-hydrogen) atoms. The van der Waals surface area contributed by atoms with Gasteiger partial charge in [0, 0.05) is 0 Å². The Bertz CT molecular complexity index is 772. The van der Waals surface area contributed by atoms with E-state index in [9.17, 15) is 9.90 Å². The van der Waals surface area contributed by atoms with Crippen LogP contribution in [0.15, 0.2) is 66.9 Å². The molecule has 6 heteroatoms. The van der Waals surface area contributed by atoms with Gasteiger partial charge in [-0.3, -0.25) is 4.79 Å². The number of nitrogens with zero attached hydrogens (tertiary/aromatic N) is 3. The number of benzene rings is 2. The molecule has 3 rings (SSSR count). The molecule has 0 spiro atoms. The van der Waals surface area contributed by atoms with Gasteiger partial charge >= 0.3 is 0 Å². The largest absolute Gasteiger partial charge is 0.394 e. The first kappa shape index (κ1) is 14.9. The summed E-state index contributed by atoms with van der Waals surface area (Å²) in [6.45, 7) is -0.192. The number of aliphatic hydroxyl groups is 1. The smallest absolute Gasteiger partial charge is 0.274 e. The van der Waals surface area contributed by atoms with E-state index in [0.717, 1.165) is 11.3 Å². The lowest BCUT2D eigenvalue weighted by Crippen LogP contribution is -2.31. The molecule has 2 aromatic carbocycles. The van der Waals surface area contributed by atoms with Crippen LogP contribution < -0.4 is 5.32 Å². The summed E-state index contributed by atoms with van der Waals surface area (Å²) in [4.78, 5) is 12.3. The fourth-order valence-corrected chi connectivity index (χ4v) is 2.23. The summed E-state index contributed by atoms with van der Waals surface area (Å²) in [5, 5.41) is 20.1. The van der Waals surface area contributed by atoms with Gasteiger partial charge in [-0.2, -0.15) is 0 Å². The lowest BCUT2D eigenvalue weighted by Gasteiger charge is -2.15. The molecule has 0 saturated heterocycles. The van der Waals surface area contributed by atoms with Gasteiger partial charge in [-0.05, 0) is 17.7 Å². The molecule has 1 unspecified atom stereocenters. The Labute approximate surface area is 133 Å². The topological polar surface area (TPSA) is 80.0 Å². The Morgan fingerprint density at radius 1 is 1.09 bits per heavy atom. The Morgan fingerprint density at radius 3 is 2.39 bits per heavy atom. The highest BCUT2D eigenvalue weighted by molar-refractivity contribution is 5.92. The standard InChI is InChI=1S/C17H16N4O2/c22-12-16(13-7-3-1-4-8-13)18-17(23)15-11-21(20-19-15)14-9-5-2-6-10-14/h1-11,16,22H,12H2,(H,18,23). The number of carbonyl (C=O) groups is 1. The number of hydrogen-bond donors (Lipinski definition) is 2. The first-order chi connectivity index (χ1) is 11.3. The summed E-state index contributed by atoms with van der Waals surface area (Å²) < 4.78 is 1.53. The Hall–Kier alpha value is -2.99. The molecule has 0 aliphatic rings. The minimum Gasteiger partial charge on any atom is -0.394 e. The second kappa shape index (κ2) is 6.85. The summed E-state index contributed by atoms with van der Waals surface area (Å²) in [5.41, 5.74) is 1.85. The van der Waals surface area contributed by atoms with E-state index in [1.165, 1.54) is 4.68 Å². The Balaban J connectivity index is 1.75. The van der Waals surface area contributed by atoms with Crippen molar-refractivity contribution in [2.45, 2.75) is 6.04 Å². The summed E-state index contributed by atoms with van der Waals surface area (Å²) >= 11 is 0. The van der Waals surface area contributed by atoms with Crippen molar-refractivity contribution in [2.24, 2.45) is 0 Å². The lowest BCUT2D eigenvalue weighted by molar-refractivity contribution is 0.0911. The highest BCUT2D eigenvalue weighted by Gasteiger charge is 2.17. The number of nitrogens with one attached hydrogen (secondary N) is 1. The van der Waals surface area contributed by atoms with Crippen LogP contribution in [-0.2, 0) is 0 Å². The SMILES string of the molecule is O=C(NC(CO)c1ccccc1)c1cn(-c2ccccc2)nn1. The molecule has 1 heterocycles. The third-order valence-electron chi connectivity index (χ3n) is 3.44. The van der Waals surface area contributed by atoms with E-state index in [1.54, 1.807) is 6.20 Å². The lowest BCUT2D eigenvalue weighted by atomic mass is 10.1. The third kappa shape index (κ3) is 3.44. The van der Waals surface area contributed by atoms with Gasteiger partial charge < -0.3 is 10.4 Å². The van der Waals surface area contributed by atoms with Gasteiger partial charge in [-0.1, -0.05) is 53.7 Å². The maximum absolute atomic E-state index is 12.3. The zero-order valence-electron chi connectivity index (χ0n) is 12.3. The molecule has 116 valence electrons. The van der Waals surface area contributed by atoms with E-state index in [4.69, 9.17) is 0 Å². The molecule has 1 amide bonds. The van der Waals surface area contributed by atoms with Crippen LogP contribution in [-0.4, -0.2) is 32.6 Å². The highest BCUT2D eigenvalue weighted by Crippen LogP contribution is 2.13. The van der Waals surface area contributed by atoms with Crippen LogP contribution in [0.1, 0.15) is 22.1 Å². The van der Waals surface area contributed by atoms with Crippen molar-refractivity contribution in [3.8, 4) is 5.69 Å². The first-order valence-electron chi connectivity index (χ1n) is 7.22. The number of hydrogen-bond acceptors (Lipinski definition) is 4. The van der Waals surface area contributed by atoms with Crippen LogP contribution in [0.2, 0.25) is 0 Å². The number of rotatable bonds is 5. The Morgan fingerprint density at radius 2 is 1.74 bits per heavy atom. The molecule has 0 bridgehead atoms.